The van der Waals surface area contributed by atoms with Crippen molar-refractivity contribution in [1.29, 1.82) is 0 Å². The van der Waals surface area contributed by atoms with Gasteiger partial charge < -0.3 is 4.90 Å². The molecule has 3 aromatic rings. The van der Waals surface area contributed by atoms with Gasteiger partial charge in [0.05, 0.1) is 15.6 Å². The molecule has 0 saturated carbocycles. The number of halogens is 1. The lowest BCUT2D eigenvalue weighted by molar-refractivity contribution is -0.384. The molecule has 4 rings (SSSR count). The van der Waals surface area contributed by atoms with Crippen molar-refractivity contribution in [2.24, 2.45) is 5.92 Å². The maximum Gasteiger partial charge on any atom is 0.270 e. The Hall–Kier alpha value is -2.68. The lowest BCUT2D eigenvalue weighted by atomic mass is 10.0. The number of hydrogen-bond acceptors (Lipinski definition) is 7. The van der Waals surface area contributed by atoms with Crippen LogP contribution in [-0.2, 0) is 6.42 Å². The van der Waals surface area contributed by atoms with E-state index in [0.717, 1.165) is 52.8 Å². The first-order chi connectivity index (χ1) is 12.6. The molecule has 1 aliphatic heterocycles. The minimum Gasteiger partial charge on any atom is -0.354 e. The first-order valence-corrected chi connectivity index (χ1v) is 9.00. The second-order valence-corrected chi connectivity index (χ2v) is 7.23. The quantitative estimate of drug-likeness (QED) is 0.477. The van der Waals surface area contributed by atoms with E-state index < -0.39 is 4.92 Å². The molecule has 0 amide bonds. The van der Waals surface area contributed by atoms with Crippen LogP contribution in [0.3, 0.4) is 0 Å². The SMILES string of the molecule is O=[N+]([O-])c1ccc2c(N3CC[C@@H](Cc4ncc(Br)cn4)C3)nncc2c1. The highest BCUT2D eigenvalue weighted by atomic mass is 79.9. The van der Waals surface area contributed by atoms with Crippen molar-refractivity contribution in [2.45, 2.75) is 12.8 Å². The Kier molecular flexibility index (Phi) is 4.46. The number of hydrogen-bond donors (Lipinski definition) is 0. The predicted octanol–water partition coefficient (Wildman–Crippen LogP) is 3.16. The summed E-state index contributed by atoms with van der Waals surface area (Å²) in [5.41, 5.74) is 0.0585. The van der Waals surface area contributed by atoms with Crippen molar-refractivity contribution in [3.63, 3.8) is 0 Å². The Bertz CT molecular complexity index is 965. The fraction of sp³-hybridized carbons (Fsp3) is 0.294. The van der Waals surface area contributed by atoms with Crippen molar-refractivity contribution in [3.05, 3.63) is 57.2 Å². The Morgan fingerprint density at radius 3 is 2.85 bits per heavy atom. The average Bonchev–Trinajstić information content (AvgIpc) is 3.11. The van der Waals surface area contributed by atoms with E-state index in [-0.39, 0.29) is 5.69 Å². The maximum atomic E-state index is 11.0. The van der Waals surface area contributed by atoms with Crippen LogP contribution in [0.2, 0.25) is 0 Å². The number of rotatable bonds is 4. The minimum absolute atomic E-state index is 0.0585. The van der Waals surface area contributed by atoms with Crippen LogP contribution in [0, 0.1) is 16.0 Å². The summed E-state index contributed by atoms with van der Waals surface area (Å²) in [6, 6.07) is 4.80. The van der Waals surface area contributed by atoms with Gasteiger partial charge in [0.1, 0.15) is 5.82 Å². The van der Waals surface area contributed by atoms with Gasteiger partial charge in [0.25, 0.3) is 5.69 Å². The summed E-state index contributed by atoms with van der Waals surface area (Å²) < 4.78 is 0.870. The first kappa shape index (κ1) is 16.8. The Morgan fingerprint density at radius 1 is 1.27 bits per heavy atom. The summed E-state index contributed by atoms with van der Waals surface area (Å²) in [5, 5.41) is 20.9. The van der Waals surface area contributed by atoms with Crippen LogP contribution in [0.4, 0.5) is 11.5 Å². The Balaban J connectivity index is 1.55. The number of non-ortho nitro benzene ring substituents is 1. The van der Waals surface area contributed by atoms with Crippen molar-refractivity contribution < 1.29 is 4.92 Å². The monoisotopic (exact) mass is 414 g/mol. The lowest BCUT2D eigenvalue weighted by Gasteiger charge is -2.18. The van der Waals surface area contributed by atoms with E-state index in [2.05, 4.69) is 41.0 Å². The zero-order valence-corrected chi connectivity index (χ0v) is 15.3. The third-order valence-corrected chi connectivity index (χ3v) is 4.98. The molecule has 2 aromatic heterocycles. The van der Waals surface area contributed by atoms with Gasteiger partial charge in [0.15, 0.2) is 5.82 Å². The highest BCUT2D eigenvalue weighted by Crippen LogP contribution is 2.31. The third kappa shape index (κ3) is 3.34. The van der Waals surface area contributed by atoms with Crippen LogP contribution in [0.5, 0.6) is 0 Å². The molecule has 3 heterocycles. The first-order valence-electron chi connectivity index (χ1n) is 8.21. The molecule has 132 valence electrons. The standard InChI is InChI=1S/C17H15BrN6O2/c18-13-8-19-16(20-9-13)5-11-3-4-23(10-11)17-15-2-1-14(24(25)26)6-12(15)7-21-22-17/h1-2,6-9,11H,3-5,10H2/t11-/m0/s1. The summed E-state index contributed by atoms with van der Waals surface area (Å²) in [5.74, 6) is 2.04. The predicted molar refractivity (Wildman–Crippen MR) is 99.9 cm³/mol. The van der Waals surface area contributed by atoms with Crippen molar-refractivity contribution in [1.82, 2.24) is 20.2 Å². The lowest BCUT2D eigenvalue weighted by Crippen LogP contribution is -2.22. The van der Waals surface area contributed by atoms with Crippen LogP contribution < -0.4 is 4.90 Å². The van der Waals surface area contributed by atoms with E-state index in [0.29, 0.717) is 5.92 Å². The van der Waals surface area contributed by atoms with Gasteiger partial charge in [-0.3, -0.25) is 10.1 Å². The molecule has 0 bridgehead atoms. The summed E-state index contributed by atoms with van der Waals surface area (Å²) in [6.45, 7) is 1.70. The van der Waals surface area contributed by atoms with Crippen LogP contribution >= 0.6 is 15.9 Å². The Labute approximate surface area is 157 Å². The van der Waals surface area contributed by atoms with Crippen LogP contribution in [0.25, 0.3) is 10.8 Å². The van der Waals surface area contributed by atoms with Crippen LogP contribution in [0.15, 0.2) is 41.3 Å². The van der Waals surface area contributed by atoms with Crippen LogP contribution in [0.1, 0.15) is 12.2 Å². The average molecular weight is 415 g/mol. The van der Waals surface area contributed by atoms with E-state index in [1.54, 1.807) is 24.7 Å². The van der Waals surface area contributed by atoms with Crippen molar-refractivity contribution >= 4 is 38.2 Å². The van der Waals surface area contributed by atoms with Gasteiger partial charge in [-0.1, -0.05) is 0 Å². The van der Waals surface area contributed by atoms with E-state index in [1.165, 1.54) is 12.1 Å². The molecule has 1 saturated heterocycles. The fourth-order valence-corrected chi connectivity index (χ4v) is 3.51. The van der Waals surface area contributed by atoms with Crippen molar-refractivity contribution in [3.8, 4) is 0 Å². The number of anilines is 1. The summed E-state index contributed by atoms with van der Waals surface area (Å²) >= 11 is 3.34. The van der Waals surface area contributed by atoms with Gasteiger partial charge in [0.2, 0.25) is 0 Å². The smallest absolute Gasteiger partial charge is 0.270 e. The summed E-state index contributed by atoms with van der Waals surface area (Å²) in [7, 11) is 0. The molecule has 26 heavy (non-hydrogen) atoms. The molecule has 1 aliphatic rings. The number of aromatic nitrogens is 4. The number of nitro benzene ring substituents is 1. The molecule has 1 fully saturated rings. The number of nitrogens with zero attached hydrogens (tertiary/aromatic N) is 6. The second kappa shape index (κ2) is 6.91. The molecule has 1 aromatic carbocycles. The van der Waals surface area contributed by atoms with Gasteiger partial charge >= 0.3 is 0 Å². The largest absolute Gasteiger partial charge is 0.354 e. The van der Waals surface area contributed by atoms with Gasteiger partial charge in [-0.05, 0) is 34.3 Å². The molecule has 9 heteroatoms. The molecule has 0 aliphatic carbocycles. The zero-order valence-electron chi connectivity index (χ0n) is 13.7. The third-order valence-electron chi connectivity index (χ3n) is 4.57. The molecule has 0 unspecified atom stereocenters. The Morgan fingerprint density at radius 2 is 2.08 bits per heavy atom. The van der Waals surface area contributed by atoms with Gasteiger partial charge in [0, 0.05) is 54.8 Å². The highest BCUT2D eigenvalue weighted by Gasteiger charge is 2.26. The molecule has 1 atom stereocenters. The molecule has 0 radical (unpaired) electrons. The van der Waals surface area contributed by atoms with E-state index in [9.17, 15) is 10.1 Å². The molecule has 0 spiro atoms. The van der Waals surface area contributed by atoms with Gasteiger partial charge in [-0.2, -0.15) is 5.10 Å². The minimum atomic E-state index is -0.399. The van der Waals surface area contributed by atoms with Crippen LogP contribution in [-0.4, -0.2) is 38.2 Å². The highest BCUT2D eigenvalue weighted by molar-refractivity contribution is 9.10. The normalized spacial score (nSPS) is 17.0. The summed E-state index contributed by atoms with van der Waals surface area (Å²) in [4.78, 5) is 21.4. The number of fused-ring (bicyclic) bond motifs is 1. The molecular formula is C17H15BrN6O2. The fourth-order valence-electron chi connectivity index (χ4n) is 3.30. The molecular weight excluding hydrogens is 400 g/mol. The zero-order chi connectivity index (χ0) is 18.1. The van der Waals surface area contributed by atoms with E-state index in [1.807, 2.05) is 0 Å². The van der Waals surface area contributed by atoms with E-state index in [4.69, 9.17) is 0 Å². The topological polar surface area (TPSA) is 97.9 Å². The molecule has 8 nitrogen and oxygen atoms in total. The summed E-state index contributed by atoms with van der Waals surface area (Å²) in [6.07, 6.45) is 6.92. The number of benzene rings is 1. The van der Waals surface area contributed by atoms with Gasteiger partial charge in [-0.25, -0.2) is 9.97 Å². The van der Waals surface area contributed by atoms with E-state index >= 15 is 0 Å². The molecule has 0 N–H and O–H groups in total. The second-order valence-electron chi connectivity index (χ2n) is 6.32. The van der Waals surface area contributed by atoms with Gasteiger partial charge in [-0.15, -0.1) is 5.10 Å². The van der Waals surface area contributed by atoms with Crippen molar-refractivity contribution in [2.75, 3.05) is 18.0 Å². The number of nitro groups is 1. The maximum absolute atomic E-state index is 11.0.